The van der Waals surface area contributed by atoms with Gasteiger partial charge in [0, 0.05) is 30.0 Å². The van der Waals surface area contributed by atoms with Crippen LogP contribution < -0.4 is 16.0 Å². The summed E-state index contributed by atoms with van der Waals surface area (Å²) >= 11 is 0. The number of carbonyl (C=O) groups excluding carboxylic acids is 1. The molecule has 1 amide bonds. The summed E-state index contributed by atoms with van der Waals surface area (Å²) in [6.07, 6.45) is 0.786. The molecule has 1 unspecified atom stereocenters. The maximum Gasteiger partial charge on any atom is 0.248 e. The van der Waals surface area contributed by atoms with E-state index in [1.54, 1.807) is 18.2 Å². The molecule has 2 aliphatic heterocycles. The molecular formula is C22H26FN3O2. The highest BCUT2D eigenvalue weighted by Crippen LogP contribution is 2.44. The number of anilines is 2. The van der Waals surface area contributed by atoms with E-state index < -0.39 is 5.91 Å². The number of carbonyl (C=O) groups is 1. The summed E-state index contributed by atoms with van der Waals surface area (Å²) in [5, 5.41) is 3.53. The van der Waals surface area contributed by atoms with E-state index >= 15 is 0 Å². The smallest absolute Gasteiger partial charge is 0.248 e. The third kappa shape index (κ3) is 3.56. The lowest BCUT2D eigenvalue weighted by Crippen LogP contribution is -2.36. The van der Waals surface area contributed by atoms with Crippen LogP contribution in [0.3, 0.4) is 0 Å². The van der Waals surface area contributed by atoms with Crippen LogP contribution in [0.25, 0.3) is 0 Å². The van der Waals surface area contributed by atoms with Gasteiger partial charge in [-0.1, -0.05) is 13.8 Å². The van der Waals surface area contributed by atoms with E-state index in [9.17, 15) is 9.18 Å². The number of morpholine rings is 1. The Morgan fingerprint density at radius 3 is 2.68 bits per heavy atom. The van der Waals surface area contributed by atoms with Gasteiger partial charge in [0.15, 0.2) is 0 Å². The molecular weight excluding hydrogens is 357 g/mol. The number of fused-ring (bicyclic) bond motifs is 1. The quantitative estimate of drug-likeness (QED) is 0.850. The number of rotatable bonds is 3. The summed E-state index contributed by atoms with van der Waals surface area (Å²) in [7, 11) is 0. The van der Waals surface area contributed by atoms with Crippen LogP contribution in [0, 0.1) is 5.82 Å². The summed E-state index contributed by atoms with van der Waals surface area (Å²) in [6, 6.07) is 10.8. The fraction of sp³-hybridized carbons (Fsp3) is 0.409. The van der Waals surface area contributed by atoms with E-state index in [0.717, 1.165) is 42.0 Å². The van der Waals surface area contributed by atoms with Crippen LogP contribution in [0.15, 0.2) is 36.4 Å². The second kappa shape index (κ2) is 7.09. The largest absolute Gasteiger partial charge is 0.378 e. The van der Waals surface area contributed by atoms with E-state index in [4.69, 9.17) is 10.5 Å². The Hall–Kier alpha value is -2.60. The molecule has 3 N–H and O–H groups in total. The molecule has 1 atom stereocenters. The molecule has 5 nitrogen and oxygen atoms in total. The predicted molar refractivity (Wildman–Crippen MR) is 108 cm³/mol. The Labute approximate surface area is 164 Å². The molecule has 2 heterocycles. The molecule has 0 aromatic heterocycles. The van der Waals surface area contributed by atoms with Crippen molar-refractivity contribution in [3.63, 3.8) is 0 Å². The first-order valence-electron chi connectivity index (χ1n) is 9.67. The summed E-state index contributed by atoms with van der Waals surface area (Å²) in [4.78, 5) is 13.7. The number of hydrogen-bond donors (Lipinski definition) is 2. The highest BCUT2D eigenvalue weighted by molar-refractivity contribution is 5.93. The zero-order valence-corrected chi connectivity index (χ0v) is 16.3. The fourth-order valence-electron chi connectivity index (χ4n) is 4.25. The van der Waals surface area contributed by atoms with Crippen molar-refractivity contribution in [2.45, 2.75) is 31.7 Å². The van der Waals surface area contributed by atoms with Gasteiger partial charge in [0.1, 0.15) is 5.82 Å². The van der Waals surface area contributed by atoms with Crippen molar-refractivity contribution < 1.29 is 13.9 Å². The van der Waals surface area contributed by atoms with Crippen LogP contribution in [0.4, 0.5) is 15.8 Å². The van der Waals surface area contributed by atoms with Crippen molar-refractivity contribution in [3.8, 4) is 0 Å². The molecule has 2 aromatic carbocycles. The lowest BCUT2D eigenvalue weighted by atomic mass is 9.73. The highest BCUT2D eigenvalue weighted by Gasteiger charge is 2.34. The Kier molecular flexibility index (Phi) is 4.75. The third-order valence-corrected chi connectivity index (χ3v) is 5.76. The van der Waals surface area contributed by atoms with Gasteiger partial charge in [0.2, 0.25) is 5.91 Å². The second-order valence-corrected chi connectivity index (χ2v) is 8.25. The molecule has 28 heavy (non-hydrogen) atoms. The number of primary amides is 1. The number of amides is 1. The summed E-state index contributed by atoms with van der Waals surface area (Å²) in [6.45, 7) is 7.15. The lowest BCUT2D eigenvalue weighted by Gasteiger charge is -2.39. The van der Waals surface area contributed by atoms with Gasteiger partial charge in [-0.25, -0.2) is 4.39 Å². The van der Waals surface area contributed by atoms with Gasteiger partial charge < -0.3 is 20.7 Å². The molecule has 6 heteroatoms. The molecule has 2 aromatic rings. The van der Waals surface area contributed by atoms with Gasteiger partial charge in [-0.05, 0) is 59.4 Å². The van der Waals surface area contributed by atoms with Gasteiger partial charge in [-0.15, -0.1) is 0 Å². The Morgan fingerprint density at radius 2 is 1.96 bits per heavy atom. The molecule has 0 radical (unpaired) electrons. The van der Waals surface area contributed by atoms with Crippen molar-refractivity contribution >= 4 is 17.3 Å². The maximum absolute atomic E-state index is 14.4. The monoisotopic (exact) mass is 383 g/mol. The zero-order valence-electron chi connectivity index (χ0n) is 16.3. The van der Waals surface area contributed by atoms with Gasteiger partial charge in [0.05, 0.1) is 19.3 Å². The number of halogens is 1. The number of nitrogens with one attached hydrogen (secondary N) is 1. The minimum absolute atomic E-state index is 0.0163. The first-order chi connectivity index (χ1) is 13.3. The van der Waals surface area contributed by atoms with Crippen molar-refractivity contribution in [2.75, 3.05) is 36.5 Å². The number of benzene rings is 2. The van der Waals surface area contributed by atoms with E-state index in [2.05, 4.69) is 30.1 Å². The maximum atomic E-state index is 14.4. The van der Waals surface area contributed by atoms with Crippen LogP contribution in [0.1, 0.15) is 47.8 Å². The van der Waals surface area contributed by atoms with Crippen LogP contribution in [0.2, 0.25) is 0 Å². The van der Waals surface area contributed by atoms with Gasteiger partial charge in [-0.2, -0.15) is 0 Å². The molecule has 148 valence electrons. The molecule has 1 saturated heterocycles. The number of nitrogens with two attached hydrogens (primary N) is 1. The lowest BCUT2D eigenvalue weighted by molar-refractivity contribution is 0.1000. The van der Waals surface area contributed by atoms with E-state index in [-0.39, 0.29) is 17.3 Å². The van der Waals surface area contributed by atoms with Crippen molar-refractivity contribution in [3.05, 3.63) is 58.9 Å². The zero-order chi connectivity index (χ0) is 19.9. The highest BCUT2D eigenvalue weighted by atomic mass is 19.1. The Morgan fingerprint density at radius 1 is 1.21 bits per heavy atom. The molecule has 0 aliphatic carbocycles. The Balaban J connectivity index is 1.67. The average molecular weight is 383 g/mol. The van der Waals surface area contributed by atoms with Crippen LogP contribution >= 0.6 is 0 Å². The number of nitrogens with zero attached hydrogens (tertiary/aromatic N) is 1. The van der Waals surface area contributed by atoms with Gasteiger partial charge >= 0.3 is 0 Å². The third-order valence-electron chi connectivity index (χ3n) is 5.76. The minimum atomic E-state index is -0.430. The van der Waals surface area contributed by atoms with Crippen molar-refractivity contribution in [1.29, 1.82) is 0 Å². The Bertz CT molecular complexity index is 907. The molecule has 0 spiro atoms. The molecule has 4 rings (SSSR count). The van der Waals surface area contributed by atoms with Crippen LogP contribution in [0.5, 0.6) is 0 Å². The molecule has 2 aliphatic rings. The van der Waals surface area contributed by atoms with E-state index in [1.807, 2.05) is 12.1 Å². The van der Waals surface area contributed by atoms with Crippen molar-refractivity contribution in [1.82, 2.24) is 0 Å². The molecule has 0 saturated carbocycles. The summed E-state index contributed by atoms with van der Waals surface area (Å²) in [5.41, 5.74) is 9.62. The fourth-order valence-corrected chi connectivity index (χ4v) is 4.25. The van der Waals surface area contributed by atoms with Crippen LogP contribution in [-0.2, 0) is 10.2 Å². The summed E-state index contributed by atoms with van der Waals surface area (Å²) < 4.78 is 19.8. The summed E-state index contributed by atoms with van der Waals surface area (Å²) in [5.74, 6) is -0.658. The molecule has 1 fully saturated rings. The number of ether oxygens (including phenoxy) is 1. The predicted octanol–water partition coefficient (Wildman–Crippen LogP) is 3.60. The van der Waals surface area contributed by atoms with Crippen LogP contribution in [-0.4, -0.2) is 32.2 Å². The standard InChI is InChI=1S/C22H26FN3O2/c1-22(2)13-20(25-19-4-3-14(21(24)27)11-18(19)22)15-9-16(23)12-17(10-15)26-5-7-28-8-6-26/h3-4,9-12,20,25H,5-8,13H2,1-2H3,(H2,24,27). The van der Waals surface area contributed by atoms with E-state index in [1.165, 1.54) is 0 Å². The second-order valence-electron chi connectivity index (χ2n) is 8.25. The average Bonchev–Trinajstić information content (AvgIpc) is 2.67. The number of hydrogen-bond acceptors (Lipinski definition) is 4. The first-order valence-corrected chi connectivity index (χ1v) is 9.67. The first kappa shape index (κ1) is 18.7. The minimum Gasteiger partial charge on any atom is -0.378 e. The molecule has 0 bridgehead atoms. The van der Waals surface area contributed by atoms with Crippen molar-refractivity contribution in [2.24, 2.45) is 5.73 Å². The van der Waals surface area contributed by atoms with Gasteiger partial charge in [0.25, 0.3) is 0 Å². The van der Waals surface area contributed by atoms with E-state index in [0.29, 0.717) is 18.8 Å². The SMILES string of the molecule is CC1(C)CC(c2cc(F)cc(N3CCOCC3)c2)Nc2ccc(C(N)=O)cc21. The topological polar surface area (TPSA) is 67.6 Å². The normalized spacial score (nSPS) is 21.0. The van der Waals surface area contributed by atoms with Gasteiger partial charge in [-0.3, -0.25) is 4.79 Å².